The fourth-order valence-electron chi connectivity index (χ4n) is 2.23. The summed E-state index contributed by atoms with van der Waals surface area (Å²) in [4.78, 5) is 32.1. The Bertz CT molecular complexity index is 913. The van der Waals surface area contributed by atoms with Crippen LogP contribution in [0, 0.1) is 0 Å². The lowest BCUT2D eigenvalue weighted by atomic mass is 10.2. The highest BCUT2D eigenvalue weighted by atomic mass is 32.1. The number of benzene rings is 1. The van der Waals surface area contributed by atoms with Crippen molar-refractivity contribution in [3.05, 3.63) is 57.5 Å². The van der Waals surface area contributed by atoms with Gasteiger partial charge in [-0.2, -0.15) is 0 Å². The molecule has 2 aromatic heterocycles. The Morgan fingerprint density at radius 2 is 2.08 bits per heavy atom. The van der Waals surface area contributed by atoms with Crippen molar-refractivity contribution < 1.29 is 9.53 Å². The third kappa shape index (κ3) is 3.62. The molecule has 3 rings (SSSR count). The van der Waals surface area contributed by atoms with E-state index in [0.717, 1.165) is 10.6 Å². The zero-order chi connectivity index (χ0) is 17.1. The lowest BCUT2D eigenvalue weighted by Crippen LogP contribution is -2.22. The number of aromatic nitrogens is 2. The summed E-state index contributed by atoms with van der Waals surface area (Å²) < 4.78 is 5.55. The molecule has 24 heavy (non-hydrogen) atoms. The molecule has 0 atom stereocenters. The minimum atomic E-state index is -0.176. The lowest BCUT2D eigenvalue weighted by Gasteiger charge is -2.10. The van der Waals surface area contributed by atoms with Crippen LogP contribution in [0.25, 0.3) is 10.2 Å². The van der Waals surface area contributed by atoms with E-state index in [2.05, 4.69) is 15.3 Å². The number of carbonyl (C=O) groups excluding carboxylic acids is 1. The zero-order valence-electron chi connectivity index (χ0n) is 13.3. The molecule has 0 unspecified atom stereocenters. The highest BCUT2D eigenvalue weighted by molar-refractivity contribution is 7.18. The van der Waals surface area contributed by atoms with E-state index in [1.165, 1.54) is 17.7 Å². The lowest BCUT2D eigenvalue weighted by molar-refractivity contribution is 0.0951. The number of carbonyl (C=O) groups is 1. The van der Waals surface area contributed by atoms with Crippen LogP contribution in [-0.4, -0.2) is 22.0 Å². The maximum Gasteiger partial charge on any atom is 0.259 e. The molecular formula is C17H17N3O3S. The van der Waals surface area contributed by atoms with Gasteiger partial charge in [0, 0.05) is 10.4 Å². The largest absolute Gasteiger partial charge is 0.491 e. The quantitative estimate of drug-likeness (QED) is 0.746. The van der Waals surface area contributed by atoms with Gasteiger partial charge in [0.1, 0.15) is 10.6 Å². The Kier molecular flexibility index (Phi) is 4.61. The second-order valence-electron chi connectivity index (χ2n) is 5.54. The number of aromatic amines is 1. The van der Waals surface area contributed by atoms with Crippen LogP contribution >= 0.6 is 11.3 Å². The predicted molar refractivity (Wildman–Crippen MR) is 93.6 cm³/mol. The van der Waals surface area contributed by atoms with Crippen molar-refractivity contribution in [1.29, 1.82) is 0 Å². The normalized spacial score (nSPS) is 11.0. The molecule has 0 saturated heterocycles. The van der Waals surface area contributed by atoms with Crippen LogP contribution in [0.5, 0.6) is 5.75 Å². The number of hydrogen-bond acceptors (Lipinski definition) is 5. The van der Waals surface area contributed by atoms with E-state index in [-0.39, 0.29) is 17.6 Å². The number of ether oxygens (including phenoxy) is 1. The Hall–Kier alpha value is -2.67. The second-order valence-corrected chi connectivity index (χ2v) is 6.65. The third-order valence-corrected chi connectivity index (χ3v) is 4.34. The SMILES string of the molecule is CC(C)Oc1ccc(C(=O)NCc2cc3c(=O)[nH]cnc3s2)cc1. The van der Waals surface area contributed by atoms with Crippen LogP contribution in [0.4, 0.5) is 0 Å². The van der Waals surface area contributed by atoms with Gasteiger partial charge < -0.3 is 15.0 Å². The number of fused-ring (bicyclic) bond motifs is 1. The second kappa shape index (κ2) is 6.84. The highest BCUT2D eigenvalue weighted by Gasteiger charge is 2.09. The molecule has 1 aromatic carbocycles. The minimum Gasteiger partial charge on any atom is -0.491 e. The molecule has 124 valence electrons. The van der Waals surface area contributed by atoms with Gasteiger partial charge in [-0.3, -0.25) is 9.59 Å². The first-order chi connectivity index (χ1) is 11.5. The van der Waals surface area contributed by atoms with Crippen molar-refractivity contribution in [3.63, 3.8) is 0 Å². The number of rotatable bonds is 5. The van der Waals surface area contributed by atoms with Crippen LogP contribution in [0.3, 0.4) is 0 Å². The molecule has 0 spiro atoms. The maximum absolute atomic E-state index is 12.2. The zero-order valence-corrected chi connectivity index (χ0v) is 14.1. The highest BCUT2D eigenvalue weighted by Crippen LogP contribution is 2.20. The number of H-pyrrole nitrogens is 1. The molecule has 0 radical (unpaired) electrons. The average molecular weight is 343 g/mol. The van der Waals surface area contributed by atoms with Crippen LogP contribution < -0.4 is 15.6 Å². The summed E-state index contributed by atoms with van der Waals surface area (Å²) in [7, 11) is 0. The molecule has 2 N–H and O–H groups in total. The van der Waals surface area contributed by atoms with Gasteiger partial charge in [0.05, 0.1) is 24.4 Å². The van der Waals surface area contributed by atoms with Crippen LogP contribution in [0.15, 0.2) is 41.5 Å². The Morgan fingerprint density at radius 1 is 1.33 bits per heavy atom. The van der Waals surface area contributed by atoms with Crippen molar-refractivity contribution in [1.82, 2.24) is 15.3 Å². The minimum absolute atomic E-state index is 0.0920. The van der Waals surface area contributed by atoms with E-state index >= 15 is 0 Å². The van der Waals surface area contributed by atoms with Gasteiger partial charge in [-0.15, -0.1) is 11.3 Å². The molecule has 0 fully saturated rings. The number of thiophene rings is 1. The van der Waals surface area contributed by atoms with Crippen molar-refractivity contribution in [2.75, 3.05) is 0 Å². The molecule has 0 saturated carbocycles. The number of nitrogens with zero attached hydrogens (tertiary/aromatic N) is 1. The van der Waals surface area contributed by atoms with E-state index in [9.17, 15) is 9.59 Å². The first-order valence-electron chi connectivity index (χ1n) is 7.54. The molecule has 0 aliphatic carbocycles. The Morgan fingerprint density at radius 3 is 2.75 bits per heavy atom. The molecule has 0 aliphatic rings. The Balaban J connectivity index is 1.66. The first-order valence-corrected chi connectivity index (χ1v) is 8.35. The first kappa shape index (κ1) is 16.2. The van der Waals surface area contributed by atoms with E-state index in [0.29, 0.717) is 22.3 Å². The van der Waals surface area contributed by atoms with Gasteiger partial charge in [-0.05, 0) is 44.2 Å². The van der Waals surface area contributed by atoms with Gasteiger partial charge in [-0.1, -0.05) is 0 Å². The molecule has 0 aliphatic heterocycles. The summed E-state index contributed by atoms with van der Waals surface area (Å²) in [5, 5.41) is 3.39. The van der Waals surface area contributed by atoms with Crippen molar-refractivity contribution in [2.24, 2.45) is 0 Å². The summed E-state index contributed by atoms with van der Waals surface area (Å²) in [6, 6.07) is 8.76. The van der Waals surface area contributed by atoms with Crippen molar-refractivity contribution in [2.45, 2.75) is 26.5 Å². The number of nitrogens with one attached hydrogen (secondary N) is 2. The fraction of sp³-hybridized carbons (Fsp3) is 0.235. The van der Waals surface area contributed by atoms with Crippen molar-refractivity contribution >= 4 is 27.5 Å². The van der Waals surface area contributed by atoms with Gasteiger partial charge in [0.2, 0.25) is 0 Å². The van der Waals surface area contributed by atoms with Gasteiger partial charge >= 0.3 is 0 Å². The van der Waals surface area contributed by atoms with Crippen LogP contribution in [0.2, 0.25) is 0 Å². The maximum atomic E-state index is 12.2. The van der Waals surface area contributed by atoms with Crippen molar-refractivity contribution in [3.8, 4) is 5.75 Å². The smallest absolute Gasteiger partial charge is 0.259 e. The Labute approximate surface area is 142 Å². The molecule has 0 bridgehead atoms. The van der Waals surface area contributed by atoms with E-state index in [1.54, 1.807) is 30.3 Å². The van der Waals surface area contributed by atoms with Gasteiger partial charge in [0.15, 0.2) is 0 Å². The van der Waals surface area contributed by atoms with E-state index in [4.69, 9.17) is 4.74 Å². The summed E-state index contributed by atoms with van der Waals surface area (Å²) in [5.41, 5.74) is 0.387. The third-order valence-electron chi connectivity index (χ3n) is 3.30. The fourth-order valence-corrected chi connectivity index (χ4v) is 3.17. The molecule has 2 heterocycles. The molecular weight excluding hydrogens is 326 g/mol. The summed E-state index contributed by atoms with van der Waals surface area (Å²) in [6.07, 6.45) is 1.47. The summed E-state index contributed by atoms with van der Waals surface area (Å²) in [5.74, 6) is 0.557. The molecule has 3 aromatic rings. The van der Waals surface area contributed by atoms with Crippen LogP contribution in [0.1, 0.15) is 29.1 Å². The molecule has 7 heteroatoms. The standard InChI is InChI=1S/C17H17N3O3S/c1-10(2)23-12-5-3-11(4-6-12)15(21)18-8-13-7-14-16(22)19-9-20-17(14)24-13/h3-7,9-10H,8H2,1-2H3,(H,18,21)(H,19,20,22). The predicted octanol–water partition coefficient (Wildman–Crippen LogP) is 2.70. The number of amides is 1. The number of hydrogen-bond donors (Lipinski definition) is 2. The van der Waals surface area contributed by atoms with E-state index in [1.807, 2.05) is 13.8 Å². The van der Waals surface area contributed by atoms with Gasteiger partial charge in [-0.25, -0.2) is 4.98 Å². The summed E-state index contributed by atoms with van der Waals surface area (Å²) in [6.45, 7) is 4.25. The topological polar surface area (TPSA) is 84.1 Å². The molecule has 1 amide bonds. The van der Waals surface area contributed by atoms with Gasteiger partial charge in [0.25, 0.3) is 11.5 Å². The summed E-state index contributed by atoms with van der Waals surface area (Å²) >= 11 is 1.39. The average Bonchev–Trinajstić information content (AvgIpc) is 2.97. The monoisotopic (exact) mass is 343 g/mol. The van der Waals surface area contributed by atoms with Crippen LogP contribution in [-0.2, 0) is 6.54 Å². The van der Waals surface area contributed by atoms with E-state index < -0.39 is 0 Å². The molecule has 6 nitrogen and oxygen atoms in total.